The molecule has 1 saturated heterocycles. The zero-order chi connectivity index (χ0) is 15.4. The molecule has 2 fully saturated rings. The Labute approximate surface area is 130 Å². The van der Waals surface area contributed by atoms with Crippen LogP contribution in [0.25, 0.3) is 0 Å². The van der Waals surface area contributed by atoms with E-state index in [-0.39, 0.29) is 17.9 Å². The summed E-state index contributed by atoms with van der Waals surface area (Å²) in [7, 11) is 0. The van der Waals surface area contributed by atoms with E-state index in [1.165, 1.54) is 0 Å². The van der Waals surface area contributed by atoms with E-state index in [1.807, 2.05) is 30.3 Å². The molecule has 5 heteroatoms. The molecule has 3 rings (SSSR count). The van der Waals surface area contributed by atoms with Crippen molar-refractivity contribution in [1.29, 1.82) is 0 Å². The van der Waals surface area contributed by atoms with Gasteiger partial charge in [0.1, 0.15) is 5.41 Å². The van der Waals surface area contributed by atoms with Gasteiger partial charge in [-0.05, 0) is 31.2 Å². The molecule has 2 aliphatic rings. The highest BCUT2D eigenvalue weighted by Crippen LogP contribution is 2.46. The lowest BCUT2D eigenvalue weighted by molar-refractivity contribution is -0.137. The third-order valence-corrected chi connectivity index (χ3v) is 4.43. The molecule has 2 N–H and O–H groups in total. The summed E-state index contributed by atoms with van der Waals surface area (Å²) in [5.74, 6) is -0.324. The molecule has 22 heavy (non-hydrogen) atoms. The molecule has 1 aliphatic carbocycles. The Hall–Kier alpha value is -1.88. The quantitative estimate of drug-likeness (QED) is 0.780. The summed E-state index contributed by atoms with van der Waals surface area (Å²) < 4.78 is 5.49. The van der Waals surface area contributed by atoms with Crippen LogP contribution in [0.1, 0.15) is 31.2 Å². The van der Waals surface area contributed by atoms with Crippen LogP contribution in [-0.4, -0.2) is 31.1 Å². The minimum atomic E-state index is -0.854. The van der Waals surface area contributed by atoms with Crippen LogP contribution in [0, 0.1) is 5.41 Å². The molecule has 1 saturated carbocycles. The highest BCUT2D eigenvalue weighted by Gasteiger charge is 2.56. The average molecular weight is 302 g/mol. The predicted molar refractivity (Wildman–Crippen MR) is 81.9 cm³/mol. The van der Waals surface area contributed by atoms with E-state index in [9.17, 15) is 9.59 Å². The van der Waals surface area contributed by atoms with Crippen LogP contribution in [0.4, 0.5) is 0 Å². The van der Waals surface area contributed by atoms with E-state index < -0.39 is 5.41 Å². The van der Waals surface area contributed by atoms with Gasteiger partial charge in [-0.3, -0.25) is 9.59 Å². The van der Waals surface area contributed by atoms with Crippen LogP contribution in [0.2, 0.25) is 0 Å². The molecule has 0 bridgehead atoms. The summed E-state index contributed by atoms with van der Waals surface area (Å²) in [5.41, 5.74) is 0.180. The number of amides is 2. The molecular formula is C17H22N2O3. The Morgan fingerprint density at radius 3 is 2.50 bits per heavy atom. The molecule has 0 spiro atoms. The molecule has 0 aromatic heterocycles. The summed E-state index contributed by atoms with van der Waals surface area (Å²) in [6.07, 6.45) is 3.39. The van der Waals surface area contributed by atoms with Gasteiger partial charge in [0.15, 0.2) is 0 Å². The van der Waals surface area contributed by atoms with Gasteiger partial charge in [-0.2, -0.15) is 0 Å². The zero-order valence-electron chi connectivity index (χ0n) is 12.6. The summed E-state index contributed by atoms with van der Waals surface area (Å²) in [6.45, 7) is 1.73. The van der Waals surface area contributed by atoms with Crippen LogP contribution in [0.15, 0.2) is 30.3 Å². The van der Waals surface area contributed by atoms with E-state index in [1.54, 1.807) is 0 Å². The van der Waals surface area contributed by atoms with Crippen LogP contribution in [-0.2, 0) is 20.9 Å². The lowest BCUT2D eigenvalue weighted by Crippen LogP contribution is -2.44. The second-order valence-electron chi connectivity index (χ2n) is 6.10. The minimum Gasteiger partial charge on any atom is -0.376 e. The fourth-order valence-corrected chi connectivity index (χ4v) is 2.81. The van der Waals surface area contributed by atoms with Gasteiger partial charge in [0.2, 0.25) is 11.8 Å². The predicted octanol–water partition coefficient (Wildman–Crippen LogP) is 1.38. The third-order valence-electron chi connectivity index (χ3n) is 4.43. The standard InChI is InChI=1S/C17H22N2O3/c20-15(18-11-13-5-2-1-3-6-13)17(8-9-17)16(21)19-12-14-7-4-10-22-14/h1-3,5-6,14H,4,7-12H2,(H,18,20)(H,19,21). The van der Waals surface area contributed by atoms with Crippen LogP contribution < -0.4 is 10.6 Å². The van der Waals surface area contributed by atoms with Gasteiger partial charge in [-0.1, -0.05) is 30.3 Å². The van der Waals surface area contributed by atoms with Crippen molar-refractivity contribution >= 4 is 11.8 Å². The number of hydrogen-bond acceptors (Lipinski definition) is 3. The number of benzene rings is 1. The van der Waals surface area contributed by atoms with Gasteiger partial charge in [-0.25, -0.2) is 0 Å². The van der Waals surface area contributed by atoms with Gasteiger partial charge < -0.3 is 15.4 Å². The number of ether oxygens (including phenoxy) is 1. The van der Waals surface area contributed by atoms with Crippen LogP contribution in [0.5, 0.6) is 0 Å². The van der Waals surface area contributed by atoms with Gasteiger partial charge in [0.25, 0.3) is 0 Å². The van der Waals surface area contributed by atoms with E-state index in [0.29, 0.717) is 25.9 Å². The molecule has 1 heterocycles. The van der Waals surface area contributed by atoms with Crippen molar-refractivity contribution < 1.29 is 14.3 Å². The number of carbonyl (C=O) groups is 2. The van der Waals surface area contributed by atoms with Crippen molar-refractivity contribution in [3.8, 4) is 0 Å². The van der Waals surface area contributed by atoms with E-state index in [2.05, 4.69) is 10.6 Å². The largest absolute Gasteiger partial charge is 0.376 e. The van der Waals surface area contributed by atoms with Crippen LogP contribution in [0.3, 0.4) is 0 Å². The van der Waals surface area contributed by atoms with E-state index in [0.717, 1.165) is 25.0 Å². The highest BCUT2D eigenvalue weighted by atomic mass is 16.5. The van der Waals surface area contributed by atoms with Crippen molar-refractivity contribution in [1.82, 2.24) is 10.6 Å². The summed E-state index contributed by atoms with van der Waals surface area (Å²) in [6, 6.07) is 9.71. The molecule has 2 amide bonds. The molecule has 1 aromatic rings. The van der Waals surface area contributed by atoms with Crippen molar-refractivity contribution in [3.63, 3.8) is 0 Å². The third kappa shape index (κ3) is 3.30. The minimum absolute atomic E-state index is 0.104. The van der Waals surface area contributed by atoms with E-state index in [4.69, 9.17) is 4.74 Å². The topological polar surface area (TPSA) is 67.4 Å². The SMILES string of the molecule is O=C(NCc1ccccc1)C1(C(=O)NCC2CCCO2)CC1. The highest BCUT2D eigenvalue weighted by molar-refractivity contribution is 6.07. The lowest BCUT2D eigenvalue weighted by Gasteiger charge is -2.17. The van der Waals surface area contributed by atoms with Gasteiger partial charge in [0.05, 0.1) is 6.10 Å². The van der Waals surface area contributed by atoms with Crippen LogP contribution >= 0.6 is 0 Å². The van der Waals surface area contributed by atoms with Gasteiger partial charge in [0, 0.05) is 19.7 Å². The van der Waals surface area contributed by atoms with Crippen molar-refractivity contribution in [3.05, 3.63) is 35.9 Å². The Bertz CT molecular complexity index is 534. The zero-order valence-corrected chi connectivity index (χ0v) is 12.6. The number of nitrogens with one attached hydrogen (secondary N) is 2. The number of carbonyl (C=O) groups excluding carboxylic acids is 2. The summed E-state index contributed by atoms with van der Waals surface area (Å²) >= 11 is 0. The summed E-state index contributed by atoms with van der Waals surface area (Å²) in [5, 5.41) is 5.76. The molecule has 0 radical (unpaired) electrons. The maximum Gasteiger partial charge on any atom is 0.235 e. The van der Waals surface area contributed by atoms with E-state index >= 15 is 0 Å². The second-order valence-corrected chi connectivity index (χ2v) is 6.10. The van der Waals surface area contributed by atoms with Gasteiger partial charge in [-0.15, -0.1) is 0 Å². The first-order valence-electron chi connectivity index (χ1n) is 7.93. The maximum absolute atomic E-state index is 12.3. The smallest absolute Gasteiger partial charge is 0.235 e. The Balaban J connectivity index is 1.49. The summed E-state index contributed by atoms with van der Waals surface area (Å²) in [4.78, 5) is 24.6. The fraction of sp³-hybridized carbons (Fsp3) is 0.529. The van der Waals surface area contributed by atoms with Crippen molar-refractivity contribution in [2.75, 3.05) is 13.2 Å². The molecular weight excluding hydrogens is 280 g/mol. The molecule has 1 aliphatic heterocycles. The van der Waals surface area contributed by atoms with Gasteiger partial charge >= 0.3 is 0 Å². The average Bonchev–Trinajstić information content (AvgIpc) is 3.21. The fourth-order valence-electron chi connectivity index (χ4n) is 2.81. The molecule has 1 aromatic carbocycles. The Morgan fingerprint density at radius 1 is 1.14 bits per heavy atom. The molecule has 1 atom stereocenters. The van der Waals surface area contributed by atoms with Crippen molar-refractivity contribution in [2.45, 2.75) is 38.3 Å². The Kier molecular flexibility index (Phi) is 4.43. The second kappa shape index (κ2) is 6.48. The Morgan fingerprint density at radius 2 is 1.86 bits per heavy atom. The lowest BCUT2D eigenvalue weighted by atomic mass is 10.0. The first kappa shape index (κ1) is 15.0. The molecule has 1 unspecified atom stereocenters. The first-order valence-corrected chi connectivity index (χ1v) is 7.93. The normalized spacial score (nSPS) is 22.1. The first-order chi connectivity index (χ1) is 10.7. The van der Waals surface area contributed by atoms with Crippen molar-refractivity contribution in [2.24, 2.45) is 5.41 Å². The monoisotopic (exact) mass is 302 g/mol. The number of rotatable bonds is 6. The molecule has 118 valence electrons. The number of hydrogen-bond donors (Lipinski definition) is 2. The molecule has 5 nitrogen and oxygen atoms in total. The maximum atomic E-state index is 12.3.